The fourth-order valence-electron chi connectivity index (χ4n) is 2.07. The monoisotopic (exact) mass is 259 g/mol. The van der Waals surface area contributed by atoms with Gasteiger partial charge in [0.2, 0.25) is 5.95 Å². The second-order valence-electron chi connectivity index (χ2n) is 5.35. The number of imidazole rings is 1. The highest BCUT2D eigenvalue weighted by Gasteiger charge is 2.20. The molecule has 0 bridgehead atoms. The zero-order chi connectivity index (χ0) is 13.9. The lowest BCUT2D eigenvalue weighted by molar-refractivity contribution is 0.157. The number of ether oxygens (including phenoxy) is 1. The van der Waals surface area contributed by atoms with E-state index in [1.54, 1.807) is 7.11 Å². The van der Waals surface area contributed by atoms with Gasteiger partial charge in [-0.05, 0) is 32.9 Å². The van der Waals surface area contributed by atoms with Crippen molar-refractivity contribution in [2.45, 2.75) is 26.3 Å². The zero-order valence-corrected chi connectivity index (χ0v) is 12.0. The second-order valence-corrected chi connectivity index (χ2v) is 5.35. The average molecular weight is 259 g/mol. The minimum atomic E-state index is -0.168. The third kappa shape index (κ3) is 3.35. The van der Waals surface area contributed by atoms with E-state index in [4.69, 9.17) is 4.74 Å². The molecule has 0 unspecified atom stereocenters. The first-order valence-corrected chi connectivity index (χ1v) is 6.40. The number of nitrogens with one attached hydrogen (secondary N) is 1. The van der Waals surface area contributed by atoms with Crippen molar-refractivity contribution in [2.24, 2.45) is 0 Å². The molecule has 0 amide bonds. The van der Waals surface area contributed by atoms with E-state index in [0.717, 1.165) is 17.3 Å². The number of aryl methyl sites for hydroxylation is 1. The van der Waals surface area contributed by atoms with Crippen LogP contribution in [0, 0.1) is 6.92 Å². The summed E-state index contributed by atoms with van der Waals surface area (Å²) in [6.45, 7) is 6.80. The normalized spacial score (nSPS) is 11.6. The van der Waals surface area contributed by atoms with Crippen molar-refractivity contribution in [3.63, 3.8) is 0 Å². The summed E-state index contributed by atoms with van der Waals surface area (Å²) >= 11 is 0. The first-order valence-electron chi connectivity index (χ1n) is 6.40. The van der Waals surface area contributed by atoms with Crippen LogP contribution >= 0.6 is 0 Å². The number of nitrogens with zero attached hydrogens (tertiary/aromatic N) is 2. The molecule has 0 saturated carbocycles. The summed E-state index contributed by atoms with van der Waals surface area (Å²) in [5, 5.41) is 3.43. The van der Waals surface area contributed by atoms with Gasteiger partial charge in [-0.1, -0.05) is 18.2 Å². The lowest BCUT2D eigenvalue weighted by Gasteiger charge is -2.26. The lowest BCUT2D eigenvalue weighted by Crippen LogP contribution is -2.36. The average Bonchev–Trinajstić information content (AvgIpc) is 2.70. The van der Waals surface area contributed by atoms with E-state index < -0.39 is 0 Å². The number of hydrogen-bond donors (Lipinski definition) is 1. The van der Waals surface area contributed by atoms with Crippen molar-refractivity contribution in [1.82, 2.24) is 9.55 Å². The van der Waals surface area contributed by atoms with Crippen LogP contribution in [0.1, 0.15) is 19.5 Å². The minimum Gasteiger partial charge on any atom is -0.382 e. The molecule has 0 aliphatic carbocycles. The molecule has 4 heteroatoms. The molecule has 4 nitrogen and oxygen atoms in total. The number of para-hydroxylation sites is 1. The number of hydrogen-bond acceptors (Lipinski definition) is 3. The molecule has 1 aromatic heterocycles. The predicted octanol–water partition coefficient (Wildman–Crippen LogP) is 3.02. The predicted molar refractivity (Wildman–Crippen MR) is 77.9 cm³/mol. The van der Waals surface area contributed by atoms with Gasteiger partial charge < -0.3 is 10.1 Å². The third-order valence-corrected chi connectivity index (χ3v) is 2.82. The van der Waals surface area contributed by atoms with Crippen LogP contribution in [0.3, 0.4) is 0 Å². The summed E-state index contributed by atoms with van der Waals surface area (Å²) in [5.74, 6) is 0.839. The van der Waals surface area contributed by atoms with Crippen LogP contribution in [0.5, 0.6) is 0 Å². The molecule has 2 aromatic rings. The van der Waals surface area contributed by atoms with E-state index in [1.807, 2.05) is 31.3 Å². The molecule has 0 aliphatic heterocycles. The van der Waals surface area contributed by atoms with E-state index in [-0.39, 0.29) is 5.54 Å². The molecule has 0 fully saturated rings. The number of aromatic nitrogens is 2. The maximum absolute atomic E-state index is 5.23. The highest BCUT2D eigenvalue weighted by atomic mass is 16.5. The van der Waals surface area contributed by atoms with Crippen molar-refractivity contribution in [2.75, 3.05) is 19.0 Å². The smallest absolute Gasteiger partial charge is 0.208 e. The van der Waals surface area contributed by atoms with Gasteiger partial charge in [-0.2, -0.15) is 0 Å². The summed E-state index contributed by atoms with van der Waals surface area (Å²) in [6, 6.07) is 10.2. The van der Waals surface area contributed by atoms with Crippen LogP contribution in [0.4, 0.5) is 5.95 Å². The van der Waals surface area contributed by atoms with E-state index in [2.05, 4.69) is 40.8 Å². The Bertz CT molecular complexity index is 532. The highest BCUT2D eigenvalue weighted by Crippen LogP contribution is 2.20. The van der Waals surface area contributed by atoms with Crippen molar-refractivity contribution in [3.8, 4) is 5.69 Å². The molecular weight excluding hydrogens is 238 g/mol. The van der Waals surface area contributed by atoms with Crippen molar-refractivity contribution < 1.29 is 4.74 Å². The van der Waals surface area contributed by atoms with Gasteiger partial charge in [-0.3, -0.25) is 4.57 Å². The minimum absolute atomic E-state index is 0.168. The van der Waals surface area contributed by atoms with Gasteiger partial charge in [0.1, 0.15) is 0 Å². The Morgan fingerprint density at radius 1 is 1.26 bits per heavy atom. The van der Waals surface area contributed by atoms with Crippen LogP contribution in [0.25, 0.3) is 5.69 Å². The Balaban J connectivity index is 2.32. The molecule has 1 N–H and O–H groups in total. The van der Waals surface area contributed by atoms with Crippen LogP contribution < -0.4 is 5.32 Å². The molecular formula is C15H21N3O. The molecule has 0 atom stereocenters. The summed E-state index contributed by atoms with van der Waals surface area (Å²) in [5.41, 5.74) is 1.91. The Morgan fingerprint density at radius 2 is 1.95 bits per heavy atom. The first kappa shape index (κ1) is 13.6. The topological polar surface area (TPSA) is 39.1 Å². The Morgan fingerprint density at radius 3 is 2.58 bits per heavy atom. The van der Waals surface area contributed by atoms with Gasteiger partial charge >= 0.3 is 0 Å². The molecule has 0 radical (unpaired) electrons. The summed E-state index contributed by atoms with van der Waals surface area (Å²) in [6.07, 6.45) is 2.03. The van der Waals surface area contributed by atoms with Crippen LogP contribution in [-0.4, -0.2) is 28.8 Å². The van der Waals surface area contributed by atoms with E-state index in [9.17, 15) is 0 Å². The summed E-state index contributed by atoms with van der Waals surface area (Å²) in [4.78, 5) is 4.55. The van der Waals surface area contributed by atoms with Gasteiger partial charge in [0, 0.05) is 19.0 Å². The van der Waals surface area contributed by atoms with Crippen molar-refractivity contribution in [1.29, 1.82) is 0 Å². The fraction of sp³-hybridized carbons (Fsp3) is 0.400. The number of benzene rings is 1. The zero-order valence-electron chi connectivity index (χ0n) is 12.0. The summed E-state index contributed by atoms with van der Waals surface area (Å²) in [7, 11) is 1.71. The molecule has 1 aromatic carbocycles. The first-order chi connectivity index (χ1) is 9.02. The molecule has 0 aliphatic rings. The maximum atomic E-state index is 5.23. The molecule has 19 heavy (non-hydrogen) atoms. The van der Waals surface area contributed by atoms with Gasteiger partial charge in [0.05, 0.1) is 17.8 Å². The van der Waals surface area contributed by atoms with E-state index in [1.165, 1.54) is 0 Å². The van der Waals surface area contributed by atoms with Gasteiger partial charge in [-0.25, -0.2) is 4.98 Å². The SMILES string of the molecule is COCC(C)(C)Nc1nc(C)cn1-c1ccccc1. The number of anilines is 1. The van der Waals surface area contributed by atoms with Crippen molar-refractivity contribution in [3.05, 3.63) is 42.2 Å². The van der Waals surface area contributed by atoms with Gasteiger partial charge in [0.15, 0.2) is 0 Å². The Kier molecular flexibility index (Phi) is 3.90. The lowest BCUT2D eigenvalue weighted by atomic mass is 10.1. The largest absolute Gasteiger partial charge is 0.382 e. The van der Waals surface area contributed by atoms with Crippen LogP contribution in [0.2, 0.25) is 0 Å². The fourth-order valence-corrected chi connectivity index (χ4v) is 2.07. The van der Waals surface area contributed by atoms with Crippen LogP contribution in [-0.2, 0) is 4.74 Å². The summed E-state index contributed by atoms with van der Waals surface area (Å²) < 4.78 is 7.29. The van der Waals surface area contributed by atoms with Gasteiger partial charge in [0.25, 0.3) is 0 Å². The maximum Gasteiger partial charge on any atom is 0.208 e. The van der Waals surface area contributed by atoms with Gasteiger partial charge in [-0.15, -0.1) is 0 Å². The Hall–Kier alpha value is -1.81. The molecule has 2 rings (SSSR count). The standard InChI is InChI=1S/C15H21N3O/c1-12-10-18(13-8-6-5-7-9-13)14(16-12)17-15(2,3)11-19-4/h5-10H,11H2,1-4H3,(H,16,17). The van der Waals surface area contributed by atoms with Crippen LogP contribution in [0.15, 0.2) is 36.5 Å². The highest BCUT2D eigenvalue weighted by molar-refractivity contribution is 5.44. The van der Waals surface area contributed by atoms with Crippen molar-refractivity contribution >= 4 is 5.95 Å². The van der Waals surface area contributed by atoms with E-state index in [0.29, 0.717) is 6.61 Å². The molecule has 0 spiro atoms. The third-order valence-electron chi connectivity index (χ3n) is 2.82. The molecule has 1 heterocycles. The van der Waals surface area contributed by atoms with E-state index >= 15 is 0 Å². The molecule has 0 saturated heterocycles. The second kappa shape index (κ2) is 5.45. The Labute approximate surface area is 114 Å². The number of rotatable bonds is 5. The quantitative estimate of drug-likeness (QED) is 0.897. The number of methoxy groups -OCH3 is 1. The molecule has 102 valence electrons.